The Morgan fingerprint density at radius 2 is 1.77 bits per heavy atom. The number of benzene rings is 2. The van der Waals surface area contributed by atoms with Crippen LogP contribution in [0.25, 0.3) is 0 Å². The summed E-state index contributed by atoms with van der Waals surface area (Å²) in [6, 6.07) is 18.7. The van der Waals surface area contributed by atoms with Crippen LogP contribution in [0, 0.1) is 0 Å². The highest BCUT2D eigenvalue weighted by atomic mass is 16.5. The lowest BCUT2D eigenvalue weighted by atomic mass is 10.1. The zero-order valence-electron chi connectivity index (χ0n) is 14.0. The first-order valence-corrected chi connectivity index (χ1v) is 7.85. The SMILES string of the molecule is COC(=O)c1ccccc1NC(=O)c1cccc(Oc2ccccn2)c1. The quantitative estimate of drug-likeness (QED) is 0.707. The molecule has 1 N–H and O–H groups in total. The number of carbonyl (C=O) groups is 2. The van der Waals surface area contributed by atoms with Crippen molar-refractivity contribution in [3.63, 3.8) is 0 Å². The van der Waals surface area contributed by atoms with E-state index in [-0.39, 0.29) is 11.5 Å². The second-order valence-electron chi connectivity index (χ2n) is 5.29. The van der Waals surface area contributed by atoms with Gasteiger partial charge in [-0.3, -0.25) is 4.79 Å². The summed E-state index contributed by atoms with van der Waals surface area (Å²) in [7, 11) is 1.29. The molecule has 0 bridgehead atoms. The van der Waals surface area contributed by atoms with E-state index in [0.717, 1.165) is 0 Å². The average molecular weight is 348 g/mol. The number of para-hydroxylation sites is 1. The molecule has 0 unspecified atom stereocenters. The summed E-state index contributed by atoms with van der Waals surface area (Å²) in [6.45, 7) is 0. The normalized spacial score (nSPS) is 10.0. The van der Waals surface area contributed by atoms with Crippen LogP contribution in [-0.2, 0) is 4.74 Å². The molecule has 1 amide bonds. The van der Waals surface area contributed by atoms with E-state index in [4.69, 9.17) is 9.47 Å². The Balaban J connectivity index is 1.79. The van der Waals surface area contributed by atoms with Crippen LogP contribution < -0.4 is 10.1 Å². The molecule has 1 aromatic heterocycles. The second kappa shape index (κ2) is 7.94. The van der Waals surface area contributed by atoms with E-state index in [0.29, 0.717) is 22.9 Å². The third-order valence-corrected chi connectivity index (χ3v) is 3.54. The van der Waals surface area contributed by atoms with E-state index in [9.17, 15) is 9.59 Å². The molecule has 6 heteroatoms. The Kier molecular flexibility index (Phi) is 5.24. The second-order valence-corrected chi connectivity index (χ2v) is 5.29. The Morgan fingerprint density at radius 1 is 0.962 bits per heavy atom. The molecule has 0 spiro atoms. The van der Waals surface area contributed by atoms with Gasteiger partial charge in [-0.25, -0.2) is 9.78 Å². The average Bonchev–Trinajstić information content (AvgIpc) is 2.69. The highest BCUT2D eigenvalue weighted by Crippen LogP contribution is 2.22. The molecule has 6 nitrogen and oxygen atoms in total. The highest BCUT2D eigenvalue weighted by molar-refractivity contribution is 6.08. The van der Waals surface area contributed by atoms with Crippen molar-refractivity contribution in [2.45, 2.75) is 0 Å². The summed E-state index contributed by atoms with van der Waals surface area (Å²) in [5.74, 6) is 0.0275. The molecule has 3 rings (SSSR count). The molecule has 3 aromatic rings. The van der Waals surface area contributed by atoms with Crippen molar-refractivity contribution >= 4 is 17.6 Å². The number of nitrogens with zero attached hydrogens (tertiary/aromatic N) is 1. The Hall–Kier alpha value is -3.67. The van der Waals surface area contributed by atoms with E-state index >= 15 is 0 Å². The van der Waals surface area contributed by atoms with Crippen molar-refractivity contribution in [2.75, 3.05) is 12.4 Å². The molecule has 2 aromatic carbocycles. The van der Waals surface area contributed by atoms with Gasteiger partial charge < -0.3 is 14.8 Å². The number of hydrogen-bond donors (Lipinski definition) is 1. The van der Waals surface area contributed by atoms with Crippen LogP contribution in [0.15, 0.2) is 72.9 Å². The smallest absolute Gasteiger partial charge is 0.339 e. The van der Waals surface area contributed by atoms with Crippen molar-refractivity contribution in [1.82, 2.24) is 4.98 Å². The number of esters is 1. The molecule has 0 aliphatic heterocycles. The fourth-order valence-corrected chi connectivity index (χ4v) is 2.30. The lowest BCUT2D eigenvalue weighted by molar-refractivity contribution is 0.0602. The molecule has 0 saturated carbocycles. The van der Waals surface area contributed by atoms with Crippen molar-refractivity contribution in [1.29, 1.82) is 0 Å². The number of aromatic nitrogens is 1. The van der Waals surface area contributed by atoms with Gasteiger partial charge in [-0.2, -0.15) is 0 Å². The summed E-state index contributed by atoms with van der Waals surface area (Å²) in [5.41, 5.74) is 1.04. The molecule has 0 radical (unpaired) electrons. The number of amides is 1. The van der Waals surface area contributed by atoms with Gasteiger partial charge in [0.15, 0.2) is 0 Å². The van der Waals surface area contributed by atoms with Crippen LogP contribution in [0.1, 0.15) is 20.7 Å². The van der Waals surface area contributed by atoms with Crippen molar-refractivity contribution in [2.24, 2.45) is 0 Å². The lowest BCUT2D eigenvalue weighted by Gasteiger charge is -2.10. The topological polar surface area (TPSA) is 77.5 Å². The fourth-order valence-electron chi connectivity index (χ4n) is 2.30. The van der Waals surface area contributed by atoms with Crippen LogP contribution >= 0.6 is 0 Å². The van der Waals surface area contributed by atoms with Gasteiger partial charge in [0.1, 0.15) is 5.75 Å². The fraction of sp³-hybridized carbons (Fsp3) is 0.0500. The summed E-state index contributed by atoms with van der Waals surface area (Å²) in [5, 5.41) is 2.72. The third-order valence-electron chi connectivity index (χ3n) is 3.54. The molecule has 0 atom stereocenters. The van der Waals surface area contributed by atoms with E-state index in [1.165, 1.54) is 7.11 Å². The Labute approximate surface area is 150 Å². The van der Waals surface area contributed by atoms with Gasteiger partial charge >= 0.3 is 5.97 Å². The maximum atomic E-state index is 12.5. The van der Waals surface area contributed by atoms with E-state index < -0.39 is 5.97 Å². The number of carbonyl (C=O) groups excluding carboxylic acids is 2. The third kappa shape index (κ3) is 4.05. The molecule has 0 saturated heterocycles. The van der Waals surface area contributed by atoms with Crippen LogP contribution in [0.2, 0.25) is 0 Å². The summed E-state index contributed by atoms with van der Waals surface area (Å²) >= 11 is 0. The summed E-state index contributed by atoms with van der Waals surface area (Å²) < 4.78 is 10.4. The van der Waals surface area contributed by atoms with Gasteiger partial charge in [-0.15, -0.1) is 0 Å². The number of ether oxygens (including phenoxy) is 2. The van der Waals surface area contributed by atoms with Gasteiger partial charge in [0.2, 0.25) is 5.88 Å². The number of hydrogen-bond acceptors (Lipinski definition) is 5. The number of pyridine rings is 1. The minimum atomic E-state index is -0.520. The van der Waals surface area contributed by atoms with Gasteiger partial charge in [-0.1, -0.05) is 24.3 Å². The van der Waals surface area contributed by atoms with Gasteiger partial charge in [0.25, 0.3) is 5.91 Å². The number of anilines is 1. The monoisotopic (exact) mass is 348 g/mol. The largest absolute Gasteiger partial charge is 0.465 e. The number of nitrogens with one attached hydrogen (secondary N) is 1. The van der Waals surface area contributed by atoms with Gasteiger partial charge in [-0.05, 0) is 36.4 Å². The maximum Gasteiger partial charge on any atom is 0.339 e. The standard InChI is InChI=1S/C20H16N2O4/c1-25-20(24)16-9-2-3-10-17(16)22-19(23)14-7-6-8-15(13-14)26-18-11-4-5-12-21-18/h2-13H,1H3,(H,22,23). The van der Waals surface area contributed by atoms with E-state index in [1.54, 1.807) is 66.9 Å². The van der Waals surface area contributed by atoms with Crippen LogP contribution in [0.3, 0.4) is 0 Å². The molecule has 0 aliphatic carbocycles. The molecule has 0 fully saturated rings. The molecular formula is C20H16N2O4. The molecule has 0 aliphatic rings. The number of methoxy groups -OCH3 is 1. The van der Waals surface area contributed by atoms with Crippen LogP contribution in [-0.4, -0.2) is 24.0 Å². The summed E-state index contributed by atoms with van der Waals surface area (Å²) in [6.07, 6.45) is 1.62. The molecule has 1 heterocycles. The summed E-state index contributed by atoms with van der Waals surface area (Å²) in [4.78, 5) is 28.4. The van der Waals surface area contributed by atoms with E-state index in [2.05, 4.69) is 10.3 Å². The molecule has 26 heavy (non-hydrogen) atoms. The Bertz CT molecular complexity index is 926. The first-order valence-electron chi connectivity index (χ1n) is 7.85. The first kappa shape index (κ1) is 17.2. The van der Waals surface area contributed by atoms with Crippen LogP contribution in [0.5, 0.6) is 11.6 Å². The number of rotatable bonds is 5. The van der Waals surface area contributed by atoms with Crippen molar-refractivity contribution < 1.29 is 19.1 Å². The maximum absolute atomic E-state index is 12.5. The predicted octanol–water partition coefficient (Wildman–Crippen LogP) is 3.91. The molecule has 130 valence electrons. The first-order chi connectivity index (χ1) is 12.7. The molecular weight excluding hydrogens is 332 g/mol. The van der Waals surface area contributed by atoms with Crippen LogP contribution in [0.4, 0.5) is 5.69 Å². The van der Waals surface area contributed by atoms with E-state index in [1.807, 2.05) is 6.07 Å². The van der Waals surface area contributed by atoms with Crippen molar-refractivity contribution in [3.05, 3.63) is 84.1 Å². The lowest BCUT2D eigenvalue weighted by Crippen LogP contribution is -2.15. The predicted molar refractivity (Wildman–Crippen MR) is 96.5 cm³/mol. The minimum Gasteiger partial charge on any atom is -0.465 e. The van der Waals surface area contributed by atoms with Crippen molar-refractivity contribution in [3.8, 4) is 11.6 Å². The Morgan fingerprint density at radius 3 is 2.54 bits per heavy atom. The van der Waals surface area contributed by atoms with Gasteiger partial charge in [0.05, 0.1) is 18.4 Å². The van der Waals surface area contributed by atoms with Gasteiger partial charge in [0, 0.05) is 17.8 Å². The zero-order chi connectivity index (χ0) is 18.4. The highest BCUT2D eigenvalue weighted by Gasteiger charge is 2.14. The zero-order valence-corrected chi connectivity index (χ0v) is 14.0. The minimum absolute atomic E-state index is 0.282.